The monoisotopic (exact) mass is 242 g/mol. The molecule has 1 unspecified atom stereocenters. The second-order valence-electron chi connectivity index (χ2n) is 4.68. The average Bonchev–Trinajstić information content (AvgIpc) is 2.98. The van der Waals surface area contributed by atoms with Gasteiger partial charge in [0.15, 0.2) is 11.6 Å². The summed E-state index contributed by atoms with van der Waals surface area (Å²) < 4.78 is 32.1. The van der Waals surface area contributed by atoms with Crippen LogP contribution in [0.25, 0.3) is 0 Å². The van der Waals surface area contributed by atoms with Crippen LogP contribution in [0.5, 0.6) is 5.75 Å². The lowest BCUT2D eigenvalue weighted by Gasteiger charge is -2.13. The number of hydrogen-bond donors (Lipinski definition) is 1. The molecule has 17 heavy (non-hydrogen) atoms. The summed E-state index contributed by atoms with van der Waals surface area (Å²) >= 11 is 0. The van der Waals surface area contributed by atoms with E-state index in [1.807, 2.05) is 0 Å². The molecule has 2 rings (SSSR count). The number of aliphatic hydroxyl groups excluding tert-OH is 1. The van der Waals surface area contributed by atoms with E-state index < -0.39 is 17.7 Å². The summed E-state index contributed by atoms with van der Waals surface area (Å²) in [5.41, 5.74) is 0.387. The molecule has 1 N–H and O–H groups in total. The minimum Gasteiger partial charge on any atom is -0.490 e. The third kappa shape index (κ3) is 3.40. The van der Waals surface area contributed by atoms with Gasteiger partial charge in [0.1, 0.15) is 5.82 Å². The lowest BCUT2D eigenvalue weighted by atomic mass is 10.1. The highest BCUT2D eigenvalue weighted by atomic mass is 19.1. The van der Waals surface area contributed by atoms with E-state index in [2.05, 4.69) is 0 Å². The van der Waals surface area contributed by atoms with Crippen molar-refractivity contribution in [2.75, 3.05) is 6.61 Å². The first kappa shape index (κ1) is 12.3. The zero-order valence-electron chi connectivity index (χ0n) is 9.75. The van der Waals surface area contributed by atoms with Gasteiger partial charge < -0.3 is 9.84 Å². The van der Waals surface area contributed by atoms with Crippen molar-refractivity contribution in [2.45, 2.75) is 32.3 Å². The van der Waals surface area contributed by atoms with Gasteiger partial charge in [-0.3, -0.25) is 0 Å². The van der Waals surface area contributed by atoms with Crippen molar-refractivity contribution in [1.29, 1.82) is 0 Å². The third-order valence-electron chi connectivity index (χ3n) is 2.76. The van der Waals surface area contributed by atoms with Crippen molar-refractivity contribution < 1.29 is 18.6 Å². The zero-order chi connectivity index (χ0) is 12.4. The molecule has 1 saturated carbocycles. The molecule has 1 aliphatic carbocycles. The Morgan fingerprint density at radius 1 is 1.41 bits per heavy atom. The summed E-state index contributed by atoms with van der Waals surface area (Å²) in [7, 11) is 0. The molecule has 1 aromatic carbocycles. The Hall–Kier alpha value is -1.16. The molecule has 1 aliphatic rings. The molecule has 1 fully saturated rings. The summed E-state index contributed by atoms with van der Waals surface area (Å²) in [4.78, 5) is 0. The molecule has 0 heterocycles. The highest BCUT2D eigenvalue weighted by molar-refractivity contribution is 5.36. The van der Waals surface area contributed by atoms with Crippen LogP contribution in [0.15, 0.2) is 12.1 Å². The molecule has 1 aromatic rings. The highest BCUT2D eigenvalue weighted by Gasteiger charge is 2.23. The molecule has 0 amide bonds. The fourth-order valence-electron chi connectivity index (χ4n) is 1.73. The van der Waals surface area contributed by atoms with Crippen LogP contribution in [0.4, 0.5) is 8.78 Å². The smallest absolute Gasteiger partial charge is 0.168 e. The molecule has 0 aromatic heterocycles. The first-order valence-electron chi connectivity index (χ1n) is 5.85. The number of rotatable bonds is 5. The van der Waals surface area contributed by atoms with Crippen molar-refractivity contribution in [3.63, 3.8) is 0 Å². The van der Waals surface area contributed by atoms with E-state index in [-0.39, 0.29) is 12.2 Å². The molecule has 0 aliphatic heterocycles. The molecule has 94 valence electrons. The van der Waals surface area contributed by atoms with E-state index in [0.29, 0.717) is 18.1 Å². The van der Waals surface area contributed by atoms with Gasteiger partial charge in [-0.1, -0.05) is 0 Å². The van der Waals surface area contributed by atoms with E-state index in [4.69, 9.17) is 4.74 Å². The van der Waals surface area contributed by atoms with Gasteiger partial charge in [-0.25, -0.2) is 8.78 Å². The number of ether oxygens (including phenoxy) is 1. The van der Waals surface area contributed by atoms with E-state index in [1.165, 1.54) is 6.07 Å². The van der Waals surface area contributed by atoms with Crippen molar-refractivity contribution in [3.05, 3.63) is 29.3 Å². The third-order valence-corrected chi connectivity index (χ3v) is 2.76. The summed E-state index contributed by atoms with van der Waals surface area (Å²) in [5.74, 6) is -0.753. The minimum atomic E-state index is -0.693. The van der Waals surface area contributed by atoms with Gasteiger partial charge >= 0.3 is 0 Å². The summed E-state index contributed by atoms with van der Waals surface area (Å²) in [6.45, 7) is 2.04. The lowest BCUT2D eigenvalue weighted by Crippen LogP contribution is -2.10. The fourth-order valence-corrected chi connectivity index (χ4v) is 1.73. The van der Waals surface area contributed by atoms with Gasteiger partial charge in [0.25, 0.3) is 0 Å². The molecule has 4 heteroatoms. The second-order valence-corrected chi connectivity index (χ2v) is 4.68. The fraction of sp³-hybridized carbons (Fsp3) is 0.538. The van der Waals surface area contributed by atoms with E-state index >= 15 is 0 Å². The van der Waals surface area contributed by atoms with E-state index in [9.17, 15) is 13.9 Å². The second kappa shape index (κ2) is 5.00. The maximum Gasteiger partial charge on any atom is 0.168 e. The predicted molar refractivity (Wildman–Crippen MR) is 60.0 cm³/mol. The first-order valence-corrected chi connectivity index (χ1v) is 5.85. The molecule has 1 atom stereocenters. The van der Waals surface area contributed by atoms with Crippen LogP contribution in [-0.2, 0) is 6.42 Å². The number of halogens is 2. The Morgan fingerprint density at radius 2 is 2.12 bits per heavy atom. The van der Waals surface area contributed by atoms with Gasteiger partial charge in [0, 0.05) is 18.1 Å². The zero-order valence-corrected chi connectivity index (χ0v) is 9.75. The Kier molecular flexibility index (Phi) is 3.62. The number of benzene rings is 1. The summed E-state index contributed by atoms with van der Waals surface area (Å²) in [6.07, 6.45) is 1.75. The molecular formula is C13H16F2O2. The van der Waals surface area contributed by atoms with Crippen molar-refractivity contribution in [3.8, 4) is 5.75 Å². The Bertz CT molecular complexity index is 401. The lowest BCUT2D eigenvalue weighted by molar-refractivity contribution is 0.192. The molecule has 0 bridgehead atoms. The van der Waals surface area contributed by atoms with Crippen LogP contribution in [0.2, 0.25) is 0 Å². The van der Waals surface area contributed by atoms with Crippen molar-refractivity contribution in [1.82, 2.24) is 0 Å². The van der Waals surface area contributed by atoms with Crippen LogP contribution in [0.1, 0.15) is 25.3 Å². The number of hydrogen-bond acceptors (Lipinski definition) is 2. The van der Waals surface area contributed by atoms with E-state index in [1.54, 1.807) is 6.92 Å². The quantitative estimate of drug-likeness (QED) is 0.860. The van der Waals surface area contributed by atoms with Gasteiger partial charge in [0.05, 0.1) is 12.7 Å². The first-order chi connectivity index (χ1) is 8.06. The standard InChI is InChI=1S/C13H16F2O2/c1-8(16)4-10-5-11(14)6-12(15)13(10)17-7-9-2-3-9/h5-6,8-9,16H,2-4,7H2,1H3. The van der Waals surface area contributed by atoms with Gasteiger partial charge in [-0.2, -0.15) is 0 Å². The Balaban J connectivity index is 2.18. The van der Waals surface area contributed by atoms with Crippen LogP contribution in [0.3, 0.4) is 0 Å². The minimum absolute atomic E-state index is 0.0826. The van der Waals surface area contributed by atoms with Gasteiger partial charge in [0.2, 0.25) is 0 Å². The molecule has 0 radical (unpaired) electrons. The molecular weight excluding hydrogens is 226 g/mol. The summed E-state index contributed by atoms with van der Waals surface area (Å²) in [5, 5.41) is 9.30. The van der Waals surface area contributed by atoms with E-state index in [0.717, 1.165) is 18.9 Å². The highest BCUT2D eigenvalue weighted by Crippen LogP contribution is 2.32. The normalized spacial score (nSPS) is 16.9. The SMILES string of the molecule is CC(O)Cc1cc(F)cc(F)c1OCC1CC1. The van der Waals surface area contributed by atoms with Crippen LogP contribution >= 0.6 is 0 Å². The predicted octanol–water partition coefficient (Wildman–Crippen LogP) is 2.68. The Morgan fingerprint density at radius 3 is 2.71 bits per heavy atom. The average molecular weight is 242 g/mol. The van der Waals surface area contributed by atoms with Gasteiger partial charge in [-0.05, 0) is 31.7 Å². The molecule has 0 spiro atoms. The number of aliphatic hydroxyl groups is 1. The van der Waals surface area contributed by atoms with Crippen molar-refractivity contribution >= 4 is 0 Å². The van der Waals surface area contributed by atoms with Gasteiger partial charge in [-0.15, -0.1) is 0 Å². The topological polar surface area (TPSA) is 29.5 Å². The summed E-state index contributed by atoms with van der Waals surface area (Å²) in [6, 6.07) is 2.03. The van der Waals surface area contributed by atoms with Crippen LogP contribution in [-0.4, -0.2) is 17.8 Å². The van der Waals surface area contributed by atoms with Crippen LogP contribution in [0, 0.1) is 17.6 Å². The maximum atomic E-state index is 13.6. The van der Waals surface area contributed by atoms with Crippen molar-refractivity contribution in [2.24, 2.45) is 5.92 Å². The Labute approximate surface area is 99.2 Å². The largest absolute Gasteiger partial charge is 0.490 e. The van der Waals surface area contributed by atoms with Crippen LogP contribution < -0.4 is 4.74 Å². The molecule has 2 nitrogen and oxygen atoms in total. The maximum absolute atomic E-state index is 13.6. The molecule has 0 saturated heterocycles.